The van der Waals surface area contributed by atoms with E-state index in [2.05, 4.69) is 0 Å². The standard InChI is InChI=1S/C22H23NO6/c24-21(16-8-10-17(11-9-16)28-15-18-5-3-13-26-18)27-14-4-12-23-19-6-1-2-7-20(19)29-22(23)25/h1-2,6-11,18H,3-5,12-15H2. The molecule has 1 aliphatic rings. The fourth-order valence-electron chi connectivity index (χ4n) is 3.35. The van der Waals surface area contributed by atoms with Crippen molar-refractivity contribution < 1.29 is 23.4 Å². The molecule has 4 rings (SSSR count). The third-order valence-electron chi connectivity index (χ3n) is 4.88. The van der Waals surface area contributed by atoms with Crippen LogP contribution < -0.4 is 10.5 Å². The average molecular weight is 397 g/mol. The highest BCUT2D eigenvalue weighted by atomic mass is 16.5. The molecule has 1 aromatic heterocycles. The Morgan fingerprint density at radius 1 is 1.14 bits per heavy atom. The fraction of sp³-hybridized carbons (Fsp3) is 0.364. The number of hydrogen-bond acceptors (Lipinski definition) is 6. The van der Waals surface area contributed by atoms with Gasteiger partial charge in [0.05, 0.1) is 23.8 Å². The first kappa shape index (κ1) is 19.3. The van der Waals surface area contributed by atoms with Gasteiger partial charge in [-0.15, -0.1) is 0 Å². The number of hydrogen-bond donors (Lipinski definition) is 0. The molecule has 1 aliphatic heterocycles. The van der Waals surface area contributed by atoms with Gasteiger partial charge in [0, 0.05) is 13.2 Å². The number of aryl methyl sites for hydroxylation is 1. The van der Waals surface area contributed by atoms with E-state index >= 15 is 0 Å². The fourth-order valence-corrected chi connectivity index (χ4v) is 3.35. The number of fused-ring (bicyclic) bond motifs is 1. The van der Waals surface area contributed by atoms with Crippen molar-refractivity contribution in [3.63, 3.8) is 0 Å². The number of carbonyl (C=O) groups excluding carboxylic acids is 1. The van der Waals surface area contributed by atoms with Crippen LogP contribution in [0.25, 0.3) is 11.1 Å². The van der Waals surface area contributed by atoms with Gasteiger partial charge in [-0.1, -0.05) is 12.1 Å². The highest BCUT2D eigenvalue weighted by Crippen LogP contribution is 2.17. The molecule has 0 N–H and O–H groups in total. The number of para-hydroxylation sites is 2. The van der Waals surface area contributed by atoms with E-state index < -0.39 is 11.7 Å². The van der Waals surface area contributed by atoms with E-state index in [1.165, 1.54) is 0 Å². The maximum Gasteiger partial charge on any atom is 0.419 e. The quantitative estimate of drug-likeness (QED) is 0.428. The Bertz CT molecular complexity index is 1010. The van der Waals surface area contributed by atoms with Gasteiger partial charge >= 0.3 is 11.7 Å². The summed E-state index contributed by atoms with van der Waals surface area (Å²) in [5.74, 6) is -0.112. The Morgan fingerprint density at radius 3 is 2.76 bits per heavy atom. The van der Waals surface area contributed by atoms with Crippen molar-refractivity contribution in [3.8, 4) is 5.75 Å². The van der Waals surface area contributed by atoms with Crippen molar-refractivity contribution in [2.24, 2.45) is 0 Å². The van der Waals surface area contributed by atoms with Gasteiger partial charge in [-0.25, -0.2) is 9.59 Å². The molecule has 1 atom stereocenters. The van der Waals surface area contributed by atoms with Crippen LogP contribution in [0.3, 0.4) is 0 Å². The topological polar surface area (TPSA) is 79.9 Å². The second-order valence-electron chi connectivity index (χ2n) is 6.95. The lowest BCUT2D eigenvalue weighted by molar-refractivity contribution is 0.0495. The summed E-state index contributed by atoms with van der Waals surface area (Å²) >= 11 is 0. The van der Waals surface area contributed by atoms with Gasteiger partial charge < -0.3 is 18.6 Å². The van der Waals surface area contributed by atoms with Crippen molar-refractivity contribution in [1.29, 1.82) is 0 Å². The summed E-state index contributed by atoms with van der Waals surface area (Å²) in [5.41, 5.74) is 1.75. The van der Waals surface area contributed by atoms with E-state index in [4.69, 9.17) is 18.6 Å². The molecule has 1 fully saturated rings. The van der Waals surface area contributed by atoms with Gasteiger partial charge in [0.1, 0.15) is 12.4 Å². The summed E-state index contributed by atoms with van der Waals surface area (Å²) in [6.07, 6.45) is 2.76. The molecule has 1 saturated heterocycles. The van der Waals surface area contributed by atoms with Crippen molar-refractivity contribution >= 4 is 17.1 Å². The maximum absolute atomic E-state index is 12.2. The van der Waals surface area contributed by atoms with E-state index in [1.54, 1.807) is 34.9 Å². The smallest absolute Gasteiger partial charge is 0.419 e. The number of esters is 1. The van der Waals surface area contributed by atoms with Gasteiger partial charge in [-0.2, -0.15) is 0 Å². The second-order valence-corrected chi connectivity index (χ2v) is 6.95. The van der Waals surface area contributed by atoms with Gasteiger partial charge in [0.25, 0.3) is 0 Å². The number of oxazole rings is 1. The minimum atomic E-state index is -0.406. The van der Waals surface area contributed by atoms with Crippen molar-refractivity contribution in [2.75, 3.05) is 19.8 Å². The number of ether oxygens (including phenoxy) is 3. The Labute approximate surface area is 167 Å². The molecule has 2 aromatic carbocycles. The second kappa shape index (κ2) is 8.96. The molecule has 3 aromatic rings. The molecule has 2 heterocycles. The Kier molecular flexibility index (Phi) is 5.95. The van der Waals surface area contributed by atoms with E-state index in [-0.39, 0.29) is 12.7 Å². The molecule has 0 aliphatic carbocycles. The number of carbonyl (C=O) groups is 1. The molecule has 0 bridgehead atoms. The van der Waals surface area contributed by atoms with E-state index in [1.807, 2.05) is 18.2 Å². The monoisotopic (exact) mass is 397 g/mol. The van der Waals surface area contributed by atoms with Crippen molar-refractivity contribution in [1.82, 2.24) is 4.57 Å². The summed E-state index contributed by atoms with van der Waals surface area (Å²) < 4.78 is 23.3. The highest BCUT2D eigenvalue weighted by molar-refractivity contribution is 5.89. The lowest BCUT2D eigenvalue weighted by Crippen LogP contribution is -2.16. The normalized spacial score (nSPS) is 16.2. The van der Waals surface area contributed by atoms with Gasteiger partial charge in [-0.3, -0.25) is 4.57 Å². The Hall–Kier alpha value is -3.06. The summed E-state index contributed by atoms with van der Waals surface area (Å²) in [4.78, 5) is 24.1. The van der Waals surface area contributed by atoms with Crippen LogP contribution in [0.15, 0.2) is 57.7 Å². The summed E-state index contributed by atoms with van der Waals surface area (Å²) in [6, 6.07) is 14.1. The van der Waals surface area contributed by atoms with Gasteiger partial charge in [-0.05, 0) is 55.7 Å². The zero-order valence-corrected chi connectivity index (χ0v) is 16.0. The molecule has 0 spiro atoms. The summed E-state index contributed by atoms with van der Waals surface area (Å²) in [7, 11) is 0. The molecular weight excluding hydrogens is 374 g/mol. The zero-order valence-electron chi connectivity index (χ0n) is 16.0. The lowest BCUT2D eigenvalue weighted by Gasteiger charge is -2.11. The van der Waals surface area contributed by atoms with Gasteiger partial charge in [0.15, 0.2) is 5.58 Å². The van der Waals surface area contributed by atoms with Crippen LogP contribution in [0.5, 0.6) is 5.75 Å². The first-order valence-corrected chi connectivity index (χ1v) is 9.81. The van der Waals surface area contributed by atoms with Crippen molar-refractivity contribution in [3.05, 3.63) is 64.6 Å². The molecule has 7 heteroatoms. The third-order valence-corrected chi connectivity index (χ3v) is 4.88. The van der Waals surface area contributed by atoms with E-state index in [0.29, 0.717) is 36.5 Å². The van der Waals surface area contributed by atoms with Crippen LogP contribution in [0.4, 0.5) is 0 Å². The molecular formula is C22H23NO6. The van der Waals surface area contributed by atoms with Crippen LogP contribution in [-0.4, -0.2) is 36.5 Å². The molecule has 1 unspecified atom stereocenters. The minimum absolute atomic E-state index is 0.152. The zero-order chi connectivity index (χ0) is 20.1. The van der Waals surface area contributed by atoms with Gasteiger partial charge in [0.2, 0.25) is 0 Å². The SMILES string of the molecule is O=C(OCCCn1c(=O)oc2ccccc21)c1ccc(OCC2CCCO2)cc1. The molecule has 29 heavy (non-hydrogen) atoms. The summed E-state index contributed by atoms with van der Waals surface area (Å²) in [5, 5.41) is 0. The predicted molar refractivity (Wildman–Crippen MR) is 106 cm³/mol. The van der Waals surface area contributed by atoms with Crippen LogP contribution in [0.1, 0.15) is 29.6 Å². The van der Waals surface area contributed by atoms with Crippen LogP contribution in [0, 0.1) is 0 Å². The molecule has 152 valence electrons. The minimum Gasteiger partial charge on any atom is -0.491 e. The first-order chi connectivity index (χ1) is 14.2. The lowest BCUT2D eigenvalue weighted by atomic mass is 10.2. The molecule has 0 saturated carbocycles. The predicted octanol–water partition coefficient (Wildman–Crippen LogP) is 3.40. The summed E-state index contributed by atoms with van der Waals surface area (Å²) in [6.45, 7) is 1.94. The molecule has 0 radical (unpaired) electrons. The van der Waals surface area contributed by atoms with Crippen LogP contribution >= 0.6 is 0 Å². The number of aromatic nitrogens is 1. The van der Waals surface area contributed by atoms with E-state index in [0.717, 1.165) is 25.0 Å². The largest absolute Gasteiger partial charge is 0.491 e. The van der Waals surface area contributed by atoms with Crippen LogP contribution in [0.2, 0.25) is 0 Å². The Balaban J connectivity index is 1.24. The average Bonchev–Trinajstić information content (AvgIpc) is 3.37. The maximum atomic E-state index is 12.2. The highest BCUT2D eigenvalue weighted by Gasteiger charge is 2.16. The molecule has 0 amide bonds. The number of rotatable bonds is 8. The van der Waals surface area contributed by atoms with Crippen molar-refractivity contribution in [2.45, 2.75) is 31.9 Å². The first-order valence-electron chi connectivity index (χ1n) is 9.81. The van der Waals surface area contributed by atoms with Crippen LogP contribution in [-0.2, 0) is 16.0 Å². The number of benzene rings is 2. The Morgan fingerprint density at radius 2 is 1.97 bits per heavy atom. The molecule has 7 nitrogen and oxygen atoms in total. The number of nitrogens with zero attached hydrogens (tertiary/aromatic N) is 1. The third kappa shape index (κ3) is 4.68. The van der Waals surface area contributed by atoms with E-state index in [9.17, 15) is 9.59 Å².